The molecule has 1 aromatic carbocycles. The van der Waals surface area contributed by atoms with Crippen LogP contribution in [0, 0.1) is 0 Å². The Morgan fingerprint density at radius 3 is 2.73 bits per heavy atom. The predicted molar refractivity (Wildman–Crippen MR) is 50.3 cm³/mol. The van der Waals surface area contributed by atoms with E-state index in [0.29, 0.717) is 17.2 Å². The van der Waals surface area contributed by atoms with Gasteiger partial charge in [-0.2, -0.15) is 0 Å². The third-order valence-electron chi connectivity index (χ3n) is 1.92. The summed E-state index contributed by atoms with van der Waals surface area (Å²) in [4.78, 5) is 10.8. The topological polar surface area (TPSA) is 65.0 Å². The second-order valence-corrected chi connectivity index (χ2v) is 2.82. The van der Waals surface area contributed by atoms with Crippen molar-refractivity contribution < 1.29 is 24.1 Å². The number of rotatable bonds is 2. The second kappa shape index (κ2) is 3.53. The van der Waals surface area contributed by atoms with Crippen molar-refractivity contribution in [1.82, 2.24) is 0 Å². The van der Waals surface area contributed by atoms with Crippen molar-refractivity contribution in [3.63, 3.8) is 0 Å². The van der Waals surface area contributed by atoms with E-state index >= 15 is 0 Å². The van der Waals surface area contributed by atoms with Gasteiger partial charge in [0.2, 0.25) is 5.75 Å². The van der Waals surface area contributed by atoms with Gasteiger partial charge in [-0.15, -0.1) is 0 Å². The first kappa shape index (κ1) is 9.39. The molecule has 0 fully saturated rings. The molecule has 2 rings (SSSR count). The third-order valence-corrected chi connectivity index (χ3v) is 1.92. The van der Waals surface area contributed by atoms with Crippen LogP contribution in [0.3, 0.4) is 0 Å². The number of fused-ring (bicyclic) bond motifs is 1. The fourth-order valence-corrected chi connectivity index (χ4v) is 1.25. The maximum Gasteiger partial charge on any atom is 0.335 e. The summed E-state index contributed by atoms with van der Waals surface area (Å²) in [5.41, 5.74) is 0.0875. The molecule has 0 saturated carbocycles. The van der Waals surface area contributed by atoms with Gasteiger partial charge < -0.3 is 19.3 Å². The van der Waals surface area contributed by atoms with Gasteiger partial charge in [-0.3, -0.25) is 0 Å². The van der Waals surface area contributed by atoms with Gasteiger partial charge in [-0.05, 0) is 12.1 Å². The van der Waals surface area contributed by atoms with E-state index in [1.807, 2.05) is 0 Å². The Balaban J connectivity index is 2.55. The Bertz CT molecular complexity index is 436. The number of carboxylic acids is 1. The molecule has 0 aromatic heterocycles. The van der Waals surface area contributed by atoms with E-state index in [0.717, 1.165) is 0 Å². The summed E-state index contributed by atoms with van der Waals surface area (Å²) in [6, 6.07) is 2.76. The van der Waals surface area contributed by atoms with Crippen molar-refractivity contribution in [2.45, 2.75) is 0 Å². The van der Waals surface area contributed by atoms with E-state index in [1.165, 1.54) is 31.8 Å². The number of aromatic carboxylic acids is 1. The summed E-state index contributed by atoms with van der Waals surface area (Å²) in [7, 11) is 1.43. The molecule has 0 radical (unpaired) electrons. The first-order valence-corrected chi connectivity index (χ1v) is 4.16. The number of hydrogen-bond donors (Lipinski definition) is 1. The van der Waals surface area contributed by atoms with Crippen LogP contribution in [-0.4, -0.2) is 18.2 Å². The van der Waals surface area contributed by atoms with Crippen molar-refractivity contribution in [2.24, 2.45) is 0 Å². The molecule has 1 aliphatic heterocycles. The van der Waals surface area contributed by atoms with Crippen LogP contribution < -0.4 is 14.2 Å². The number of ether oxygens (including phenoxy) is 3. The quantitative estimate of drug-likeness (QED) is 0.800. The van der Waals surface area contributed by atoms with Crippen LogP contribution in [0.15, 0.2) is 24.7 Å². The summed E-state index contributed by atoms with van der Waals surface area (Å²) in [6.45, 7) is 0. The zero-order valence-corrected chi connectivity index (χ0v) is 7.89. The fraction of sp³-hybridized carbons (Fsp3) is 0.100. The van der Waals surface area contributed by atoms with Crippen molar-refractivity contribution in [2.75, 3.05) is 7.11 Å². The molecule has 5 nitrogen and oxygen atoms in total. The summed E-state index contributed by atoms with van der Waals surface area (Å²) in [6.07, 6.45) is 2.68. The highest BCUT2D eigenvalue weighted by molar-refractivity contribution is 5.89. The highest BCUT2D eigenvalue weighted by Gasteiger charge is 2.18. The fourth-order valence-electron chi connectivity index (χ4n) is 1.25. The monoisotopic (exact) mass is 208 g/mol. The standard InChI is InChI=1S/C10H8O5/c1-13-7-4-6(10(11)12)5-8-9(7)15-3-2-14-8/h2-5H,1H3,(H,11,12). The molecule has 0 aliphatic carbocycles. The van der Waals surface area contributed by atoms with Gasteiger partial charge in [0.25, 0.3) is 0 Å². The lowest BCUT2D eigenvalue weighted by molar-refractivity contribution is 0.0696. The number of carbonyl (C=O) groups is 1. The van der Waals surface area contributed by atoms with Crippen molar-refractivity contribution >= 4 is 5.97 Å². The molecule has 0 unspecified atom stereocenters. The minimum Gasteiger partial charge on any atom is -0.493 e. The SMILES string of the molecule is COc1cc(C(=O)O)cc2c1OC=CO2. The molecule has 5 heteroatoms. The Morgan fingerprint density at radius 2 is 2.07 bits per heavy atom. The molecule has 78 valence electrons. The van der Waals surface area contributed by atoms with Crippen LogP contribution in [0.1, 0.15) is 10.4 Å². The van der Waals surface area contributed by atoms with Gasteiger partial charge in [-0.25, -0.2) is 4.79 Å². The molecule has 0 saturated heterocycles. The normalized spacial score (nSPS) is 12.3. The minimum atomic E-state index is -1.05. The first-order chi connectivity index (χ1) is 7.22. The molecule has 0 atom stereocenters. The Labute approximate surface area is 85.5 Å². The van der Waals surface area contributed by atoms with E-state index < -0.39 is 5.97 Å². The van der Waals surface area contributed by atoms with Gasteiger partial charge in [0.15, 0.2) is 11.5 Å². The van der Waals surface area contributed by atoms with Gasteiger partial charge in [0.1, 0.15) is 12.5 Å². The van der Waals surface area contributed by atoms with Crippen LogP contribution in [0.5, 0.6) is 17.2 Å². The highest BCUT2D eigenvalue weighted by atomic mass is 16.6. The zero-order chi connectivity index (χ0) is 10.8. The van der Waals surface area contributed by atoms with E-state index in [9.17, 15) is 4.79 Å². The van der Waals surface area contributed by atoms with Crippen LogP contribution in [0.4, 0.5) is 0 Å². The van der Waals surface area contributed by atoms with Gasteiger partial charge >= 0.3 is 5.97 Å². The van der Waals surface area contributed by atoms with Gasteiger partial charge in [0.05, 0.1) is 12.7 Å². The van der Waals surface area contributed by atoms with Gasteiger partial charge in [-0.1, -0.05) is 0 Å². The van der Waals surface area contributed by atoms with E-state index in [1.54, 1.807) is 0 Å². The maximum atomic E-state index is 10.8. The minimum absolute atomic E-state index is 0.0875. The molecule has 1 heterocycles. The molecule has 1 aliphatic rings. The summed E-state index contributed by atoms with van der Waals surface area (Å²) < 4.78 is 15.3. The van der Waals surface area contributed by atoms with Crippen LogP contribution in [-0.2, 0) is 0 Å². The lowest BCUT2D eigenvalue weighted by Crippen LogP contribution is -2.03. The molecule has 1 aromatic rings. The number of methoxy groups -OCH3 is 1. The van der Waals surface area contributed by atoms with Gasteiger partial charge in [0, 0.05) is 0 Å². The molecule has 15 heavy (non-hydrogen) atoms. The van der Waals surface area contributed by atoms with Crippen LogP contribution >= 0.6 is 0 Å². The third kappa shape index (κ3) is 1.59. The first-order valence-electron chi connectivity index (χ1n) is 4.16. The molecule has 0 spiro atoms. The Hall–Kier alpha value is -2.17. The average Bonchev–Trinajstić information content (AvgIpc) is 2.27. The largest absolute Gasteiger partial charge is 0.493 e. The lowest BCUT2D eigenvalue weighted by Gasteiger charge is -2.15. The van der Waals surface area contributed by atoms with E-state index in [4.69, 9.17) is 19.3 Å². The molecule has 0 bridgehead atoms. The number of benzene rings is 1. The van der Waals surface area contributed by atoms with Crippen molar-refractivity contribution in [3.8, 4) is 17.2 Å². The molecule has 1 N–H and O–H groups in total. The van der Waals surface area contributed by atoms with E-state index in [-0.39, 0.29) is 5.56 Å². The second-order valence-electron chi connectivity index (χ2n) is 2.82. The van der Waals surface area contributed by atoms with Crippen LogP contribution in [0.25, 0.3) is 0 Å². The zero-order valence-electron chi connectivity index (χ0n) is 7.89. The molecular weight excluding hydrogens is 200 g/mol. The molecule has 0 amide bonds. The maximum absolute atomic E-state index is 10.8. The summed E-state index contributed by atoms with van der Waals surface area (Å²) in [5.74, 6) is -0.0113. The van der Waals surface area contributed by atoms with E-state index in [2.05, 4.69) is 0 Å². The van der Waals surface area contributed by atoms with Crippen molar-refractivity contribution in [3.05, 3.63) is 30.2 Å². The molecular formula is C10H8O5. The Morgan fingerprint density at radius 1 is 1.33 bits per heavy atom. The lowest BCUT2D eigenvalue weighted by atomic mass is 10.2. The van der Waals surface area contributed by atoms with Crippen molar-refractivity contribution in [1.29, 1.82) is 0 Å². The summed E-state index contributed by atoms with van der Waals surface area (Å²) in [5, 5.41) is 8.84. The number of hydrogen-bond acceptors (Lipinski definition) is 4. The van der Waals surface area contributed by atoms with Crippen LogP contribution in [0.2, 0.25) is 0 Å². The summed E-state index contributed by atoms with van der Waals surface area (Å²) >= 11 is 0. The Kier molecular flexibility index (Phi) is 2.21. The number of carboxylic acid groups (broad SMARTS) is 1. The average molecular weight is 208 g/mol. The predicted octanol–water partition coefficient (Wildman–Crippen LogP) is 1.64. The smallest absolute Gasteiger partial charge is 0.335 e. The highest BCUT2D eigenvalue weighted by Crippen LogP contribution is 2.40.